The van der Waals surface area contributed by atoms with Gasteiger partial charge in [-0.2, -0.15) is 0 Å². The van der Waals surface area contributed by atoms with Gasteiger partial charge in [0.2, 0.25) is 0 Å². The highest BCUT2D eigenvalue weighted by molar-refractivity contribution is 7.91. The van der Waals surface area contributed by atoms with E-state index in [4.69, 9.17) is 10.5 Å². The molecule has 0 saturated carbocycles. The van der Waals surface area contributed by atoms with Gasteiger partial charge in [-0.15, -0.1) is 0 Å². The van der Waals surface area contributed by atoms with Crippen LogP contribution in [-0.2, 0) is 9.84 Å². The van der Waals surface area contributed by atoms with Gasteiger partial charge in [-0.3, -0.25) is 0 Å². The van der Waals surface area contributed by atoms with Crippen LogP contribution in [0.2, 0.25) is 0 Å². The summed E-state index contributed by atoms with van der Waals surface area (Å²) in [5.74, 6) is 1.02. The first-order valence-electron chi connectivity index (χ1n) is 6.34. The van der Waals surface area contributed by atoms with E-state index in [9.17, 15) is 8.42 Å². The van der Waals surface area contributed by atoms with E-state index in [1.165, 1.54) is 0 Å². The van der Waals surface area contributed by atoms with Crippen molar-refractivity contribution in [2.75, 3.05) is 29.2 Å². The number of nitrogen functional groups attached to an aromatic ring is 1. The third-order valence-electron chi connectivity index (χ3n) is 3.26. The van der Waals surface area contributed by atoms with Crippen LogP contribution in [0.5, 0.6) is 5.75 Å². The van der Waals surface area contributed by atoms with Crippen LogP contribution in [0.1, 0.15) is 20.3 Å². The van der Waals surface area contributed by atoms with Gasteiger partial charge in [0.1, 0.15) is 5.75 Å². The van der Waals surface area contributed by atoms with Crippen LogP contribution in [0.15, 0.2) is 18.2 Å². The Morgan fingerprint density at radius 2 is 2.21 bits per heavy atom. The number of nitrogens with one attached hydrogen (secondary N) is 1. The lowest BCUT2D eigenvalue weighted by Gasteiger charge is -2.25. The lowest BCUT2D eigenvalue weighted by molar-refractivity contribution is 0.342. The minimum Gasteiger partial charge on any atom is -0.492 e. The number of anilines is 2. The summed E-state index contributed by atoms with van der Waals surface area (Å²) in [6.07, 6.45) is 0.615. The SMILES string of the molecule is CCOc1cc(NC2(C)CCS(=O)(=O)C2)ccc1N. The second-order valence-corrected chi connectivity index (χ2v) is 7.40. The Hall–Kier alpha value is -1.43. The topological polar surface area (TPSA) is 81.4 Å². The van der Waals surface area contributed by atoms with Crippen molar-refractivity contribution in [3.63, 3.8) is 0 Å². The minimum absolute atomic E-state index is 0.161. The quantitative estimate of drug-likeness (QED) is 0.822. The highest BCUT2D eigenvalue weighted by atomic mass is 32.2. The van der Waals surface area contributed by atoms with Crippen LogP contribution in [0.25, 0.3) is 0 Å². The highest BCUT2D eigenvalue weighted by Crippen LogP contribution is 2.31. The van der Waals surface area contributed by atoms with E-state index in [1.807, 2.05) is 26.0 Å². The minimum atomic E-state index is -2.92. The zero-order valence-electron chi connectivity index (χ0n) is 11.3. The van der Waals surface area contributed by atoms with E-state index in [0.717, 1.165) is 5.69 Å². The van der Waals surface area contributed by atoms with Crippen LogP contribution in [0.3, 0.4) is 0 Å². The summed E-state index contributed by atoms with van der Waals surface area (Å²) in [6, 6.07) is 5.42. The summed E-state index contributed by atoms with van der Waals surface area (Å²) in [4.78, 5) is 0. The van der Waals surface area contributed by atoms with Gasteiger partial charge < -0.3 is 15.8 Å². The first-order chi connectivity index (χ1) is 8.84. The highest BCUT2D eigenvalue weighted by Gasteiger charge is 2.38. The molecular formula is C13H20N2O3S. The normalized spacial score (nSPS) is 25.2. The van der Waals surface area contributed by atoms with Gasteiger partial charge in [-0.05, 0) is 32.4 Å². The Kier molecular flexibility index (Phi) is 3.62. The van der Waals surface area contributed by atoms with E-state index in [0.29, 0.717) is 24.5 Å². The molecule has 2 rings (SSSR count). The molecular weight excluding hydrogens is 264 g/mol. The van der Waals surface area contributed by atoms with Gasteiger partial charge in [0, 0.05) is 17.3 Å². The number of rotatable bonds is 4. The predicted octanol–water partition coefficient (Wildman–Crippen LogP) is 1.66. The summed E-state index contributed by atoms with van der Waals surface area (Å²) in [5, 5.41) is 3.28. The fraction of sp³-hybridized carbons (Fsp3) is 0.538. The van der Waals surface area contributed by atoms with Crippen molar-refractivity contribution in [3.05, 3.63) is 18.2 Å². The van der Waals surface area contributed by atoms with E-state index in [-0.39, 0.29) is 11.5 Å². The number of nitrogens with two attached hydrogens (primary N) is 1. The molecule has 1 saturated heterocycles. The number of hydrogen-bond acceptors (Lipinski definition) is 5. The van der Waals surface area contributed by atoms with Crippen LogP contribution in [-0.4, -0.2) is 32.1 Å². The molecule has 106 valence electrons. The van der Waals surface area contributed by atoms with E-state index in [2.05, 4.69) is 5.32 Å². The van der Waals surface area contributed by atoms with E-state index in [1.54, 1.807) is 6.07 Å². The number of hydrogen-bond donors (Lipinski definition) is 2. The standard InChI is InChI=1S/C13H20N2O3S/c1-3-18-12-8-10(4-5-11(12)14)15-13(2)6-7-19(16,17)9-13/h4-5,8,15H,3,6-7,9,14H2,1-2H3. The van der Waals surface area contributed by atoms with Gasteiger partial charge in [0.25, 0.3) is 0 Å². The largest absolute Gasteiger partial charge is 0.492 e. The van der Waals surface area contributed by atoms with Gasteiger partial charge >= 0.3 is 0 Å². The second-order valence-electron chi connectivity index (χ2n) is 5.21. The zero-order chi connectivity index (χ0) is 14.1. The zero-order valence-corrected chi connectivity index (χ0v) is 12.1. The molecule has 0 aromatic heterocycles. The average molecular weight is 284 g/mol. The van der Waals surface area contributed by atoms with E-state index < -0.39 is 15.4 Å². The molecule has 0 amide bonds. The average Bonchev–Trinajstić information content (AvgIpc) is 2.58. The smallest absolute Gasteiger partial charge is 0.152 e. The van der Waals surface area contributed by atoms with Crippen molar-refractivity contribution >= 4 is 21.2 Å². The molecule has 1 aliphatic rings. The summed E-state index contributed by atoms with van der Waals surface area (Å²) >= 11 is 0. The fourth-order valence-corrected chi connectivity index (χ4v) is 4.44. The monoisotopic (exact) mass is 284 g/mol. The van der Waals surface area contributed by atoms with Crippen molar-refractivity contribution in [1.29, 1.82) is 0 Å². The van der Waals surface area contributed by atoms with Crippen molar-refractivity contribution in [2.24, 2.45) is 0 Å². The molecule has 1 atom stereocenters. The molecule has 19 heavy (non-hydrogen) atoms. The molecule has 0 spiro atoms. The number of benzene rings is 1. The lowest BCUT2D eigenvalue weighted by atomic mass is 10.0. The first kappa shape index (κ1) is 14.0. The summed E-state index contributed by atoms with van der Waals surface area (Å²) in [6.45, 7) is 4.36. The Morgan fingerprint density at radius 1 is 1.47 bits per heavy atom. The third-order valence-corrected chi connectivity index (χ3v) is 5.17. The molecule has 1 aromatic rings. The predicted molar refractivity (Wildman–Crippen MR) is 77.3 cm³/mol. The number of sulfone groups is 1. The first-order valence-corrected chi connectivity index (χ1v) is 8.17. The Bertz CT molecular complexity index is 571. The molecule has 5 nitrogen and oxygen atoms in total. The van der Waals surface area contributed by atoms with Crippen LogP contribution in [0, 0.1) is 0 Å². The molecule has 0 radical (unpaired) electrons. The molecule has 1 aliphatic heterocycles. The summed E-state index contributed by atoms with van der Waals surface area (Å²) in [5.41, 5.74) is 6.80. The summed E-state index contributed by atoms with van der Waals surface area (Å²) in [7, 11) is -2.92. The number of ether oxygens (including phenoxy) is 1. The maximum Gasteiger partial charge on any atom is 0.152 e. The molecule has 1 unspecified atom stereocenters. The molecule has 3 N–H and O–H groups in total. The van der Waals surface area contributed by atoms with Gasteiger partial charge in [-0.1, -0.05) is 0 Å². The summed E-state index contributed by atoms with van der Waals surface area (Å²) < 4.78 is 28.6. The Balaban J connectivity index is 2.18. The Labute approximate surface area is 114 Å². The van der Waals surface area contributed by atoms with Crippen molar-refractivity contribution in [1.82, 2.24) is 0 Å². The molecule has 1 aromatic carbocycles. The van der Waals surface area contributed by atoms with Crippen LogP contribution in [0.4, 0.5) is 11.4 Å². The van der Waals surface area contributed by atoms with Gasteiger partial charge in [-0.25, -0.2) is 8.42 Å². The maximum absolute atomic E-state index is 11.6. The lowest BCUT2D eigenvalue weighted by Crippen LogP contribution is -2.35. The van der Waals surface area contributed by atoms with Gasteiger partial charge in [0.15, 0.2) is 9.84 Å². The van der Waals surface area contributed by atoms with E-state index >= 15 is 0 Å². The van der Waals surface area contributed by atoms with Crippen molar-refractivity contribution in [2.45, 2.75) is 25.8 Å². The molecule has 1 fully saturated rings. The third kappa shape index (κ3) is 3.32. The van der Waals surface area contributed by atoms with Gasteiger partial charge in [0.05, 0.1) is 23.8 Å². The molecule has 1 heterocycles. The Morgan fingerprint density at radius 3 is 2.79 bits per heavy atom. The maximum atomic E-state index is 11.6. The molecule has 6 heteroatoms. The fourth-order valence-electron chi connectivity index (χ4n) is 2.35. The van der Waals surface area contributed by atoms with Crippen molar-refractivity contribution < 1.29 is 13.2 Å². The van der Waals surface area contributed by atoms with Crippen molar-refractivity contribution in [3.8, 4) is 5.75 Å². The van der Waals surface area contributed by atoms with Crippen LogP contribution < -0.4 is 15.8 Å². The second kappa shape index (κ2) is 4.92. The molecule has 0 aliphatic carbocycles. The van der Waals surface area contributed by atoms with Crippen LogP contribution >= 0.6 is 0 Å². The molecule has 0 bridgehead atoms.